The van der Waals surface area contributed by atoms with E-state index in [2.05, 4.69) is 5.32 Å². The van der Waals surface area contributed by atoms with Crippen molar-refractivity contribution in [3.63, 3.8) is 0 Å². The van der Waals surface area contributed by atoms with Gasteiger partial charge in [0.25, 0.3) is 5.91 Å². The summed E-state index contributed by atoms with van der Waals surface area (Å²) in [6.07, 6.45) is 0.270. The summed E-state index contributed by atoms with van der Waals surface area (Å²) in [4.78, 5) is 25.8. The van der Waals surface area contributed by atoms with Crippen LogP contribution in [-0.2, 0) is 11.3 Å². The summed E-state index contributed by atoms with van der Waals surface area (Å²) in [5.41, 5.74) is 1.63. The zero-order valence-electron chi connectivity index (χ0n) is 14.7. The van der Waals surface area contributed by atoms with Crippen LogP contribution in [-0.4, -0.2) is 36.9 Å². The number of nitrogens with one attached hydrogen (secondary N) is 1. The van der Waals surface area contributed by atoms with E-state index in [0.717, 1.165) is 11.3 Å². The van der Waals surface area contributed by atoms with Crippen LogP contribution in [0.15, 0.2) is 54.6 Å². The van der Waals surface area contributed by atoms with Gasteiger partial charge in [0.15, 0.2) is 0 Å². The van der Waals surface area contributed by atoms with Crippen LogP contribution in [0, 0.1) is 0 Å². The van der Waals surface area contributed by atoms with Crippen molar-refractivity contribution < 1.29 is 14.3 Å². The van der Waals surface area contributed by atoms with E-state index in [0.29, 0.717) is 25.3 Å². The van der Waals surface area contributed by atoms with Gasteiger partial charge in [-0.3, -0.25) is 9.59 Å². The molecule has 0 unspecified atom stereocenters. The molecule has 2 rings (SSSR count). The Morgan fingerprint density at radius 2 is 1.72 bits per heavy atom. The second-order valence-electron chi connectivity index (χ2n) is 5.70. The van der Waals surface area contributed by atoms with Gasteiger partial charge in [-0.05, 0) is 36.8 Å². The van der Waals surface area contributed by atoms with Gasteiger partial charge in [0.1, 0.15) is 5.75 Å². The molecule has 2 amide bonds. The number of carbonyl (C=O) groups excluding carboxylic acids is 2. The van der Waals surface area contributed by atoms with Crippen molar-refractivity contribution in [3.05, 3.63) is 65.7 Å². The van der Waals surface area contributed by atoms with Gasteiger partial charge in [-0.15, -0.1) is 0 Å². The molecular formula is C20H24N2O3. The molecule has 2 aromatic rings. The number of hydrogen-bond acceptors (Lipinski definition) is 3. The fraction of sp³-hybridized carbons (Fsp3) is 0.300. The lowest BCUT2D eigenvalue weighted by molar-refractivity contribution is -0.130. The zero-order chi connectivity index (χ0) is 18.1. The van der Waals surface area contributed by atoms with Crippen LogP contribution in [0.1, 0.15) is 29.3 Å². The van der Waals surface area contributed by atoms with Gasteiger partial charge in [-0.2, -0.15) is 0 Å². The summed E-state index contributed by atoms with van der Waals surface area (Å²) >= 11 is 0. The highest BCUT2D eigenvalue weighted by molar-refractivity contribution is 5.94. The van der Waals surface area contributed by atoms with Crippen molar-refractivity contribution in [2.75, 3.05) is 20.2 Å². The number of hydrogen-bond donors (Lipinski definition) is 1. The number of carbonyl (C=O) groups is 2. The minimum absolute atomic E-state index is 0.0118. The monoisotopic (exact) mass is 340 g/mol. The fourth-order valence-corrected chi connectivity index (χ4v) is 2.39. The average Bonchev–Trinajstić information content (AvgIpc) is 2.64. The normalized spacial score (nSPS) is 10.2. The third kappa shape index (κ3) is 5.95. The SMILES string of the molecule is CCOc1ccc(CN(C)C(=O)CCNC(=O)c2ccccc2)cc1. The third-order valence-electron chi connectivity index (χ3n) is 3.74. The van der Waals surface area contributed by atoms with E-state index < -0.39 is 0 Å². The lowest BCUT2D eigenvalue weighted by Crippen LogP contribution is -2.31. The molecule has 5 nitrogen and oxygen atoms in total. The van der Waals surface area contributed by atoms with Crippen LogP contribution in [0.3, 0.4) is 0 Å². The average molecular weight is 340 g/mol. The standard InChI is InChI=1S/C20H24N2O3/c1-3-25-18-11-9-16(10-12-18)15-22(2)19(23)13-14-21-20(24)17-7-5-4-6-8-17/h4-12H,3,13-15H2,1-2H3,(H,21,24). The summed E-state index contributed by atoms with van der Waals surface area (Å²) in [6.45, 7) is 3.42. The van der Waals surface area contributed by atoms with Crippen LogP contribution >= 0.6 is 0 Å². The van der Waals surface area contributed by atoms with Gasteiger partial charge < -0.3 is 15.0 Å². The quantitative estimate of drug-likeness (QED) is 0.804. The van der Waals surface area contributed by atoms with E-state index in [-0.39, 0.29) is 18.2 Å². The Bertz CT molecular complexity index is 684. The van der Waals surface area contributed by atoms with E-state index in [1.165, 1.54) is 0 Å². The van der Waals surface area contributed by atoms with Crippen LogP contribution in [0.5, 0.6) is 5.75 Å². The van der Waals surface area contributed by atoms with Crippen molar-refractivity contribution in [2.45, 2.75) is 19.9 Å². The minimum Gasteiger partial charge on any atom is -0.494 e. The molecule has 5 heteroatoms. The molecule has 0 aliphatic carbocycles. The minimum atomic E-state index is -0.164. The van der Waals surface area contributed by atoms with E-state index >= 15 is 0 Å². The van der Waals surface area contributed by atoms with Crippen molar-refractivity contribution >= 4 is 11.8 Å². The molecule has 0 radical (unpaired) electrons. The van der Waals surface area contributed by atoms with Gasteiger partial charge >= 0.3 is 0 Å². The van der Waals surface area contributed by atoms with Crippen molar-refractivity contribution in [3.8, 4) is 5.75 Å². The summed E-state index contributed by atoms with van der Waals surface area (Å²) in [5, 5.41) is 2.77. The summed E-state index contributed by atoms with van der Waals surface area (Å²) in [5.74, 6) is 0.647. The highest BCUT2D eigenvalue weighted by Gasteiger charge is 2.10. The Balaban J connectivity index is 1.75. The Morgan fingerprint density at radius 3 is 2.36 bits per heavy atom. The molecule has 0 heterocycles. The second kappa shape index (κ2) is 9.47. The Hall–Kier alpha value is -2.82. The van der Waals surface area contributed by atoms with Crippen LogP contribution in [0.4, 0.5) is 0 Å². The van der Waals surface area contributed by atoms with Gasteiger partial charge in [0.2, 0.25) is 5.91 Å². The highest BCUT2D eigenvalue weighted by atomic mass is 16.5. The Labute approximate surface area is 148 Å². The van der Waals surface area contributed by atoms with Crippen LogP contribution in [0.25, 0.3) is 0 Å². The van der Waals surface area contributed by atoms with Gasteiger partial charge in [-0.1, -0.05) is 30.3 Å². The molecule has 0 aromatic heterocycles. The molecule has 0 fully saturated rings. The van der Waals surface area contributed by atoms with E-state index in [4.69, 9.17) is 4.74 Å². The first-order valence-corrected chi connectivity index (χ1v) is 8.39. The Morgan fingerprint density at radius 1 is 1.04 bits per heavy atom. The maximum Gasteiger partial charge on any atom is 0.251 e. The first-order valence-electron chi connectivity index (χ1n) is 8.39. The van der Waals surface area contributed by atoms with Crippen LogP contribution < -0.4 is 10.1 Å². The predicted molar refractivity (Wildman–Crippen MR) is 97.5 cm³/mol. The molecule has 1 N–H and O–H groups in total. The summed E-state index contributed by atoms with van der Waals surface area (Å²) < 4.78 is 5.40. The van der Waals surface area contributed by atoms with Gasteiger partial charge in [0.05, 0.1) is 6.61 Å². The third-order valence-corrected chi connectivity index (χ3v) is 3.74. The molecule has 0 saturated heterocycles. The number of ether oxygens (including phenoxy) is 1. The molecule has 0 bridgehead atoms. The van der Waals surface area contributed by atoms with Gasteiger partial charge in [-0.25, -0.2) is 0 Å². The largest absolute Gasteiger partial charge is 0.494 e. The number of benzene rings is 2. The summed E-state index contributed by atoms with van der Waals surface area (Å²) in [7, 11) is 1.76. The first-order chi connectivity index (χ1) is 12.1. The molecule has 132 valence electrons. The second-order valence-corrected chi connectivity index (χ2v) is 5.70. The van der Waals surface area contributed by atoms with E-state index in [1.807, 2.05) is 49.4 Å². The predicted octanol–water partition coefficient (Wildman–Crippen LogP) is 2.86. The fourth-order valence-electron chi connectivity index (χ4n) is 2.39. The smallest absolute Gasteiger partial charge is 0.251 e. The maximum absolute atomic E-state index is 12.2. The van der Waals surface area contributed by atoms with Crippen molar-refractivity contribution in [1.82, 2.24) is 10.2 Å². The first kappa shape index (κ1) is 18.5. The molecular weight excluding hydrogens is 316 g/mol. The number of nitrogens with zero attached hydrogens (tertiary/aromatic N) is 1. The number of amides is 2. The van der Waals surface area contributed by atoms with Crippen molar-refractivity contribution in [1.29, 1.82) is 0 Å². The molecule has 2 aromatic carbocycles. The molecule has 0 aliphatic heterocycles. The van der Waals surface area contributed by atoms with Crippen LogP contribution in [0.2, 0.25) is 0 Å². The zero-order valence-corrected chi connectivity index (χ0v) is 14.7. The van der Waals surface area contributed by atoms with E-state index in [9.17, 15) is 9.59 Å². The topological polar surface area (TPSA) is 58.6 Å². The molecule has 25 heavy (non-hydrogen) atoms. The number of rotatable bonds is 8. The molecule has 0 saturated carbocycles. The lowest BCUT2D eigenvalue weighted by atomic mass is 10.2. The van der Waals surface area contributed by atoms with Gasteiger partial charge in [0, 0.05) is 32.1 Å². The summed E-state index contributed by atoms with van der Waals surface area (Å²) in [6, 6.07) is 16.7. The highest BCUT2D eigenvalue weighted by Crippen LogP contribution is 2.13. The molecule has 0 spiro atoms. The molecule has 0 atom stereocenters. The lowest BCUT2D eigenvalue weighted by Gasteiger charge is -2.17. The van der Waals surface area contributed by atoms with E-state index in [1.54, 1.807) is 24.1 Å². The Kier molecular flexibility index (Phi) is 7.01. The van der Waals surface area contributed by atoms with Crippen molar-refractivity contribution in [2.24, 2.45) is 0 Å². The molecule has 0 aliphatic rings. The maximum atomic E-state index is 12.2.